The summed E-state index contributed by atoms with van der Waals surface area (Å²) in [4.78, 5) is 0. The summed E-state index contributed by atoms with van der Waals surface area (Å²) in [5, 5.41) is 3.81. The van der Waals surface area contributed by atoms with Crippen LogP contribution in [0.15, 0.2) is 22.8 Å². The molecule has 1 atom stereocenters. The van der Waals surface area contributed by atoms with E-state index in [9.17, 15) is 0 Å². The normalized spacial score (nSPS) is 25.1. The standard InChI is InChI=1S/C15H27NSi/c1-11-9-15(6,13(3)12(11)2)16-14(4,5)10-17(7)8/h9-10,16H,1-8H3. The second-order valence-electron chi connectivity index (χ2n) is 6.35. The van der Waals surface area contributed by atoms with E-state index in [0.717, 1.165) is 0 Å². The first-order chi connectivity index (χ1) is 7.57. The minimum absolute atomic E-state index is 0.0193. The Kier molecular flexibility index (Phi) is 4.00. The average Bonchev–Trinajstić information content (AvgIpc) is 2.26. The number of rotatable bonds is 3. The second kappa shape index (κ2) is 4.66. The number of nitrogens with one attached hydrogen (secondary N) is 1. The van der Waals surface area contributed by atoms with Gasteiger partial charge < -0.3 is 0 Å². The Labute approximate surface area is 108 Å². The Morgan fingerprint density at radius 1 is 1.24 bits per heavy atom. The van der Waals surface area contributed by atoms with Crippen LogP contribution < -0.4 is 5.32 Å². The predicted octanol–water partition coefficient (Wildman–Crippen LogP) is 3.55. The van der Waals surface area contributed by atoms with Gasteiger partial charge in [0.25, 0.3) is 0 Å². The predicted molar refractivity (Wildman–Crippen MR) is 81.3 cm³/mol. The van der Waals surface area contributed by atoms with Gasteiger partial charge in [-0.1, -0.05) is 30.4 Å². The highest BCUT2D eigenvalue weighted by atomic mass is 28.2. The highest BCUT2D eigenvalue weighted by molar-refractivity contribution is 6.64. The molecule has 0 aromatic rings. The van der Waals surface area contributed by atoms with Gasteiger partial charge in [-0.2, -0.15) is 0 Å². The van der Waals surface area contributed by atoms with Gasteiger partial charge in [0, 0.05) is 13.9 Å². The minimum atomic E-state index is -0.327. The summed E-state index contributed by atoms with van der Waals surface area (Å²) in [5.41, 5.74) is 6.90. The Hall–Kier alpha value is -0.473. The van der Waals surface area contributed by atoms with Gasteiger partial charge in [-0.15, -0.1) is 0 Å². The molecule has 0 saturated heterocycles. The lowest BCUT2D eigenvalue weighted by molar-refractivity contribution is 0.406. The van der Waals surface area contributed by atoms with E-state index in [0.29, 0.717) is 0 Å². The van der Waals surface area contributed by atoms with Gasteiger partial charge in [0.05, 0.1) is 5.54 Å². The lowest BCUT2D eigenvalue weighted by Crippen LogP contribution is -2.54. The van der Waals surface area contributed by atoms with Crippen LogP contribution in [0.2, 0.25) is 13.1 Å². The zero-order valence-electron chi connectivity index (χ0n) is 12.7. The van der Waals surface area contributed by atoms with E-state index < -0.39 is 0 Å². The number of hydrogen-bond acceptors (Lipinski definition) is 1. The molecule has 0 aromatic carbocycles. The fraction of sp³-hybridized carbons (Fsp3) is 0.667. The molecule has 0 heterocycles. The highest BCUT2D eigenvalue weighted by Gasteiger charge is 2.34. The molecule has 0 saturated carbocycles. The molecule has 17 heavy (non-hydrogen) atoms. The summed E-state index contributed by atoms with van der Waals surface area (Å²) in [7, 11) is -0.327. The molecule has 1 unspecified atom stereocenters. The molecule has 0 aromatic heterocycles. The maximum atomic E-state index is 3.81. The molecule has 96 valence electrons. The Morgan fingerprint density at radius 2 is 1.76 bits per heavy atom. The molecule has 1 aliphatic rings. The van der Waals surface area contributed by atoms with Crippen molar-refractivity contribution < 1.29 is 0 Å². The van der Waals surface area contributed by atoms with Crippen LogP contribution in [0.3, 0.4) is 0 Å². The van der Waals surface area contributed by atoms with E-state index in [-0.39, 0.29) is 19.5 Å². The van der Waals surface area contributed by atoms with Crippen molar-refractivity contribution in [3.63, 3.8) is 0 Å². The summed E-state index contributed by atoms with van der Waals surface area (Å²) in [6.45, 7) is 18.2. The molecular formula is C15H27NSi. The molecule has 0 fully saturated rings. The number of allylic oxidation sites excluding steroid dienone is 2. The highest BCUT2D eigenvalue weighted by Crippen LogP contribution is 2.34. The third-order valence-electron chi connectivity index (χ3n) is 3.67. The summed E-state index contributed by atoms with van der Waals surface area (Å²) in [6, 6.07) is 0. The van der Waals surface area contributed by atoms with Crippen LogP contribution in [-0.4, -0.2) is 25.2 Å². The molecule has 1 nitrogen and oxygen atoms in total. The van der Waals surface area contributed by atoms with Crippen LogP contribution in [0.5, 0.6) is 0 Å². The summed E-state index contributed by atoms with van der Waals surface area (Å²) >= 11 is 0. The first-order valence-corrected chi connectivity index (χ1v) is 8.98. The molecule has 0 radical (unpaired) electrons. The van der Waals surface area contributed by atoms with Crippen molar-refractivity contribution >= 4 is 14.1 Å². The lowest BCUT2D eigenvalue weighted by atomic mass is 9.91. The van der Waals surface area contributed by atoms with Crippen molar-refractivity contribution in [1.29, 1.82) is 0 Å². The van der Waals surface area contributed by atoms with Crippen LogP contribution in [0.25, 0.3) is 0 Å². The van der Waals surface area contributed by atoms with Crippen molar-refractivity contribution in [1.82, 2.24) is 5.32 Å². The van der Waals surface area contributed by atoms with Gasteiger partial charge in [-0.3, -0.25) is 5.32 Å². The smallest absolute Gasteiger partial charge is 0.0566 e. The topological polar surface area (TPSA) is 12.0 Å². The SMILES string of the molecule is CC1=CC(C)(NC(C)(C)C=[Si](C)C)C(C)=C1C. The average molecular weight is 249 g/mol. The van der Waals surface area contributed by atoms with Gasteiger partial charge in [-0.05, 0) is 52.7 Å². The van der Waals surface area contributed by atoms with Crippen molar-refractivity contribution in [2.45, 2.75) is 65.7 Å². The van der Waals surface area contributed by atoms with Gasteiger partial charge in [0.15, 0.2) is 0 Å². The Balaban J connectivity index is 3.01. The van der Waals surface area contributed by atoms with E-state index in [2.05, 4.69) is 71.7 Å². The quantitative estimate of drug-likeness (QED) is 0.754. The second-order valence-corrected chi connectivity index (χ2v) is 8.79. The largest absolute Gasteiger partial charge is 0.297 e. The van der Waals surface area contributed by atoms with Crippen LogP contribution in [0.4, 0.5) is 0 Å². The molecule has 0 spiro atoms. The van der Waals surface area contributed by atoms with Gasteiger partial charge in [0.2, 0.25) is 0 Å². The summed E-state index contributed by atoms with van der Waals surface area (Å²) in [5.74, 6) is 0. The maximum absolute atomic E-state index is 3.81. The molecule has 0 aliphatic heterocycles. The fourth-order valence-electron chi connectivity index (χ4n) is 2.89. The van der Waals surface area contributed by atoms with Crippen molar-refractivity contribution in [2.24, 2.45) is 0 Å². The van der Waals surface area contributed by atoms with E-state index in [1.807, 2.05) is 0 Å². The van der Waals surface area contributed by atoms with E-state index >= 15 is 0 Å². The fourth-order valence-corrected chi connectivity index (χ4v) is 4.41. The first kappa shape index (κ1) is 14.6. The monoisotopic (exact) mass is 249 g/mol. The van der Waals surface area contributed by atoms with E-state index in [1.165, 1.54) is 16.7 Å². The van der Waals surface area contributed by atoms with E-state index in [1.54, 1.807) is 0 Å². The van der Waals surface area contributed by atoms with Crippen LogP contribution in [0, 0.1) is 0 Å². The maximum Gasteiger partial charge on any atom is 0.0566 e. The summed E-state index contributed by atoms with van der Waals surface area (Å²) in [6.07, 6.45) is 2.37. The number of hydrogen-bond donors (Lipinski definition) is 1. The first-order valence-electron chi connectivity index (χ1n) is 6.40. The van der Waals surface area contributed by atoms with Crippen LogP contribution >= 0.6 is 0 Å². The Morgan fingerprint density at radius 3 is 2.12 bits per heavy atom. The van der Waals surface area contributed by atoms with Gasteiger partial charge in [-0.25, -0.2) is 0 Å². The molecule has 0 bridgehead atoms. The van der Waals surface area contributed by atoms with E-state index in [4.69, 9.17) is 0 Å². The molecule has 1 rings (SSSR count). The molecule has 0 amide bonds. The Bertz CT molecular complexity index is 409. The van der Waals surface area contributed by atoms with Crippen LogP contribution in [-0.2, 0) is 0 Å². The van der Waals surface area contributed by atoms with Gasteiger partial charge in [0.1, 0.15) is 0 Å². The zero-order chi connectivity index (χ0) is 13.4. The van der Waals surface area contributed by atoms with Crippen molar-refractivity contribution in [3.05, 3.63) is 22.8 Å². The molecule has 1 N–H and O–H groups in total. The van der Waals surface area contributed by atoms with Crippen molar-refractivity contribution in [3.8, 4) is 0 Å². The zero-order valence-corrected chi connectivity index (χ0v) is 13.7. The van der Waals surface area contributed by atoms with Crippen molar-refractivity contribution in [2.75, 3.05) is 0 Å². The molecule has 2 heteroatoms. The lowest BCUT2D eigenvalue weighted by Gasteiger charge is -2.36. The third kappa shape index (κ3) is 3.26. The third-order valence-corrected chi connectivity index (χ3v) is 4.97. The minimum Gasteiger partial charge on any atom is -0.297 e. The molecular weight excluding hydrogens is 222 g/mol. The molecule has 1 aliphatic carbocycles. The van der Waals surface area contributed by atoms with Gasteiger partial charge >= 0.3 is 0 Å². The van der Waals surface area contributed by atoms with Crippen LogP contribution in [0.1, 0.15) is 41.5 Å². The summed E-state index contributed by atoms with van der Waals surface area (Å²) < 4.78 is 0.